The van der Waals surface area contributed by atoms with E-state index < -0.39 is 5.97 Å². The number of carbonyl (C=O) groups excluding carboxylic acids is 1. The molecule has 104 valence electrons. The number of fused-ring (bicyclic) bond motifs is 1. The molecule has 6 heteroatoms. The van der Waals surface area contributed by atoms with E-state index in [4.69, 9.17) is 11.6 Å². The molecule has 0 saturated carbocycles. The van der Waals surface area contributed by atoms with E-state index in [9.17, 15) is 9.90 Å². The molecule has 1 aromatic heterocycles. The van der Waals surface area contributed by atoms with Crippen molar-refractivity contribution in [2.24, 2.45) is 0 Å². The highest BCUT2D eigenvalue weighted by atomic mass is 35.5. The van der Waals surface area contributed by atoms with Crippen LogP contribution in [0.2, 0.25) is 5.02 Å². The van der Waals surface area contributed by atoms with Crippen LogP contribution in [0.1, 0.15) is 10.4 Å². The number of carboxylic acids is 1. The topological polar surface area (TPSA) is 77.9 Å². The average molecular weight is 299 g/mol. The molecule has 2 aromatic carbocycles. The number of carbonyl (C=O) groups is 1. The molecule has 0 amide bonds. The summed E-state index contributed by atoms with van der Waals surface area (Å²) in [5.74, 6) is -0.883. The molecule has 3 aromatic rings. The highest BCUT2D eigenvalue weighted by molar-refractivity contribution is 6.30. The molecule has 1 N–H and O–H groups in total. The molecular weight excluding hydrogens is 290 g/mol. The van der Waals surface area contributed by atoms with Crippen molar-refractivity contribution in [2.45, 2.75) is 0 Å². The predicted octanol–water partition coefficient (Wildman–Crippen LogP) is 2.39. The number of carboxylic acid groups (broad SMARTS) is 1. The molecule has 1 heterocycles. The zero-order valence-corrected chi connectivity index (χ0v) is 11.5. The van der Waals surface area contributed by atoms with Gasteiger partial charge in [-0.05, 0) is 24.3 Å². The number of nitrogens with one attached hydrogen (secondary N) is 1. The van der Waals surface area contributed by atoms with E-state index in [1.807, 2.05) is 0 Å². The van der Waals surface area contributed by atoms with Gasteiger partial charge in [0.25, 0.3) is 0 Å². The van der Waals surface area contributed by atoms with Crippen molar-refractivity contribution in [1.82, 2.24) is 9.97 Å². The molecule has 0 unspecified atom stereocenters. The van der Waals surface area contributed by atoms with Crippen LogP contribution in [0.3, 0.4) is 0 Å². The Hall–Kier alpha value is -2.66. The number of nitrogens with zero attached hydrogens (tertiary/aromatic N) is 2. The first-order valence-corrected chi connectivity index (χ1v) is 6.50. The van der Waals surface area contributed by atoms with Crippen LogP contribution in [0, 0.1) is 0 Å². The van der Waals surface area contributed by atoms with Crippen molar-refractivity contribution in [1.29, 1.82) is 0 Å². The molecule has 0 saturated heterocycles. The molecule has 0 aliphatic carbocycles. The minimum absolute atomic E-state index is 0.0395. The molecule has 0 aliphatic heterocycles. The minimum atomic E-state index is -1.27. The minimum Gasteiger partial charge on any atom is -0.545 e. The maximum absolute atomic E-state index is 11.3. The largest absolute Gasteiger partial charge is 0.545 e. The monoisotopic (exact) mass is 298 g/mol. The number of aromatic nitrogens is 2. The van der Waals surface area contributed by atoms with Crippen molar-refractivity contribution in [3.05, 3.63) is 59.4 Å². The quantitative estimate of drug-likeness (QED) is 0.803. The number of rotatable bonds is 3. The van der Waals surface area contributed by atoms with E-state index in [-0.39, 0.29) is 5.56 Å². The van der Waals surface area contributed by atoms with Gasteiger partial charge in [-0.3, -0.25) is 0 Å². The smallest absolute Gasteiger partial charge is 0.142 e. The maximum Gasteiger partial charge on any atom is 0.142 e. The van der Waals surface area contributed by atoms with E-state index >= 15 is 0 Å². The number of hydrogen-bond acceptors (Lipinski definition) is 5. The number of aromatic carboxylic acids is 1. The highest BCUT2D eigenvalue weighted by Crippen LogP contribution is 2.27. The van der Waals surface area contributed by atoms with Gasteiger partial charge in [0.1, 0.15) is 12.1 Å². The van der Waals surface area contributed by atoms with Crippen LogP contribution < -0.4 is 10.4 Å². The van der Waals surface area contributed by atoms with Crippen molar-refractivity contribution in [2.75, 3.05) is 5.32 Å². The van der Waals surface area contributed by atoms with Crippen molar-refractivity contribution in [3.63, 3.8) is 0 Å². The third-order valence-electron chi connectivity index (χ3n) is 2.97. The number of hydrogen-bond donors (Lipinski definition) is 1. The molecule has 0 fully saturated rings. The summed E-state index contributed by atoms with van der Waals surface area (Å²) in [5, 5.41) is 15.3. The zero-order chi connectivity index (χ0) is 14.8. The fourth-order valence-corrected chi connectivity index (χ4v) is 2.27. The molecule has 0 aliphatic rings. The zero-order valence-electron chi connectivity index (χ0n) is 10.7. The molecular formula is C15H9ClN3O2-. The van der Waals surface area contributed by atoms with Crippen LogP contribution in [-0.2, 0) is 0 Å². The Balaban J connectivity index is 2.16. The van der Waals surface area contributed by atoms with E-state index in [2.05, 4.69) is 15.3 Å². The second-order valence-corrected chi connectivity index (χ2v) is 4.78. The summed E-state index contributed by atoms with van der Waals surface area (Å²) in [7, 11) is 0. The summed E-state index contributed by atoms with van der Waals surface area (Å²) in [6.45, 7) is 0. The van der Waals surface area contributed by atoms with E-state index in [0.29, 0.717) is 27.4 Å². The Morgan fingerprint density at radius 2 is 1.95 bits per heavy atom. The Labute approximate surface area is 125 Å². The predicted molar refractivity (Wildman–Crippen MR) is 78.6 cm³/mol. The lowest BCUT2D eigenvalue weighted by Gasteiger charge is -2.12. The van der Waals surface area contributed by atoms with Gasteiger partial charge in [0.15, 0.2) is 0 Å². The van der Waals surface area contributed by atoms with Gasteiger partial charge in [0.2, 0.25) is 0 Å². The summed E-state index contributed by atoms with van der Waals surface area (Å²) in [5.41, 5.74) is 1.27. The SMILES string of the molecule is O=C([O-])c1cccc2ncnc(Nc3cccc(Cl)c3)c12. The fourth-order valence-electron chi connectivity index (χ4n) is 2.08. The van der Waals surface area contributed by atoms with Crippen LogP contribution in [0.4, 0.5) is 11.5 Å². The number of benzene rings is 2. The van der Waals surface area contributed by atoms with E-state index in [0.717, 1.165) is 0 Å². The van der Waals surface area contributed by atoms with Gasteiger partial charge in [0.05, 0.1) is 16.9 Å². The lowest BCUT2D eigenvalue weighted by atomic mass is 10.1. The molecule has 0 radical (unpaired) electrons. The van der Waals surface area contributed by atoms with Crippen molar-refractivity contribution < 1.29 is 9.90 Å². The van der Waals surface area contributed by atoms with Crippen molar-refractivity contribution in [3.8, 4) is 0 Å². The molecule has 21 heavy (non-hydrogen) atoms. The lowest BCUT2D eigenvalue weighted by molar-refractivity contribution is -0.254. The molecule has 0 spiro atoms. The number of anilines is 2. The van der Waals surface area contributed by atoms with Crippen LogP contribution in [-0.4, -0.2) is 15.9 Å². The first-order valence-electron chi connectivity index (χ1n) is 6.13. The van der Waals surface area contributed by atoms with Gasteiger partial charge in [-0.15, -0.1) is 0 Å². The van der Waals surface area contributed by atoms with E-state index in [1.54, 1.807) is 36.4 Å². The van der Waals surface area contributed by atoms with Crippen LogP contribution in [0.15, 0.2) is 48.8 Å². The second kappa shape index (κ2) is 5.38. The molecule has 3 rings (SSSR count). The Bertz CT molecular complexity index is 831. The van der Waals surface area contributed by atoms with Gasteiger partial charge in [-0.25, -0.2) is 9.97 Å². The normalized spacial score (nSPS) is 10.5. The van der Waals surface area contributed by atoms with Gasteiger partial charge < -0.3 is 15.2 Å². The van der Waals surface area contributed by atoms with Gasteiger partial charge in [-0.2, -0.15) is 0 Å². The lowest BCUT2D eigenvalue weighted by Crippen LogP contribution is -2.22. The first-order chi connectivity index (χ1) is 10.1. The van der Waals surface area contributed by atoms with Crippen LogP contribution in [0.25, 0.3) is 10.9 Å². The van der Waals surface area contributed by atoms with Gasteiger partial charge >= 0.3 is 0 Å². The number of halogens is 1. The molecule has 0 atom stereocenters. The van der Waals surface area contributed by atoms with Gasteiger partial charge in [-0.1, -0.05) is 29.8 Å². The maximum atomic E-state index is 11.3. The summed E-state index contributed by atoms with van der Waals surface area (Å²) in [6.07, 6.45) is 1.37. The van der Waals surface area contributed by atoms with Crippen LogP contribution in [0.5, 0.6) is 0 Å². The third-order valence-corrected chi connectivity index (χ3v) is 3.21. The van der Waals surface area contributed by atoms with Crippen LogP contribution >= 0.6 is 11.6 Å². The van der Waals surface area contributed by atoms with E-state index in [1.165, 1.54) is 12.4 Å². The Morgan fingerprint density at radius 1 is 1.14 bits per heavy atom. The molecule has 0 bridgehead atoms. The van der Waals surface area contributed by atoms with Gasteiger partial charge in [0, 0.05) is 16.3 Å². The summed E-state index contributed by atoms with van der Waals surface area (Å²) in [6, 6.07) is 11.9. The van der Waals surface area contributed by atoms with Crippen molar-refractivity contribution >= 4 is 40.0 Å². The highest BCUT2D eigenvalue weighted by Gasteiger charge is 2.09. The second-order valence-electron chi connectivity index (χ2n) is 4.34. The average Bonchev–Trinajstić information content (AvgIpc) is 2.47. The summed E-state index contributed by atoms with van der Waals surface area (Å²) >= 11 is 5.93. The standard InChI is InChI=1S/C15H10ClN3O2/c16-9-3-1-4-10(7-9)19-14-13-11(15(20)21)5-2-6-12(13)17-8-18-14/h1-8H,(H,20,21)(H,17,18,19)/p-1. The first kappa shape index (κ1) is 13.3. The summed E-state index contributed by atoms with van der Waals surface area (Å²) in [4.78, 5) is 19.5. The Morgan fingerprint density at radius 3 is 2.71 bits per heavy atom. The Kier molecular flexibility index (Phi) is 3.41. The summed E-state index contributed by atoms with van der Waals surface area (Å²) < 4.78 is 0. The molecule has 5 nitrogen and oxygen atoms in total. The third kappa shape index (κ3) is 2.64. The fraction of sp³-hybridized carbons (Fsp3) is 0.